The first-order valence-electron chi connectivity index (χ1n) is 9.83. The van der Waals surface area contributed by atoms with Crippen molar-refractivity contribution in [2.75, 3.05) is 14.1 Å². The van der Waals surface area contributed by atoms with Gasteiger partial charge in [-0.2, -0.15) is 0 Å². The van der Waals surface area contributed by atoms with Gasteiger partial charge in [0, 0.05) is 6.42 Å². The van der Waals surface area contributed by atoms with Crippen LogP contribution in [0.15, 0.2) is 12.7 Å². The molecule has 0 radical (unpaired) electrons. The third-order valence-electron chi connectivity index (χ3n) is 5.15. The zero-order chi connectivity index (χ0) is 17.6. The molecule has 0 heterocycles. The maximum atomic E-state index is 12.3. The second-order valence-electron chi connectivity index (χ2n) is 7.31. The molecule has 0 aromatic carbocycles. The Kier molecular flexibility index (Phi) is 13.4. The predicted octanol–water partition coefficient (Wildman–Crippen LogP) is 6.15. The summed E-state index contributed by atoms with van der Waals surface area (Å²) in [6.07, 6.45) is 18.4. The van der Waals surface area contributed by atoms with Gasteiger partial charge in [0.1, 0.15) is 0 Å². The number of Topliss-reactive ketones (excluding diaryl/α,β-unsaturated/α-hetero) is 1. The van der Waals surface area contributed by atoms with Crippen LogP contribution in [0.1, 0.15) is 97.3 Å². The van der Waals surface area contributed by atoms with Gasteiger partial charge in [-0.3, -0.25) is 9.69 Å². The average molecular weight is 324 g/mol. The number of hydrogen-bond acceptors (Lipinski definition) is 2. The third-order valence-corrected chi connectivity index (χ3v) is 5.15. The minimum absolute atomic E-state index is 0.296. The van der Waals surface area contributed by atoms with Crippen LogP contribution < -0.4 is 0 Å². The van der Waals surface area contributed by atoms with Crippen LogP contribution in [0, 0.1) is 0 Å². The normalized spacial score (nSPS) is 14.0. The van der Waals surface area contributed by atoms with Gasteiger partial charge in [0.25, 0.3) is 0 Å². The minimum atomic E-state index is -0.502. The molecule has 136 valence electrons. The van der Waals surface area contributed by atoms with Gasteiger partial charge in [0.15, 0.2) is 5.78 Å². The molecule has 0 spiro atoms. The van der Waals surface area contributed by atoms with E-state index in [0.717, 1.165) is 6.42 Å². The number of likely N-dealkylation sites (N-methyl/N-ethyl adjacent to an activating group) is 1. The Labute approximate surface area is 145 Å². The van der Waals surface area contributed by atoms with Gasteiger partial charge in [-0.05, 0) is 27.4 Å². The topological polar surface area (TPSA) is 20.3 Å². The van der Waals surface area contributed by atoms with E-state index in [1.165, 1.54) is 70.6 Å². The zero-order valence-electron chi connectivity index (χ0n) is 16.3. The summed E-state index contributed by atoms with van der Waals surface area (Å²) < 4.78 is 0. The molecule has 1 atom stereocenters. The van der Waals surface area contributed by atoms with E-state index >= 15 is 0 Å². The Hall–Kier alpha value is -0.630. The molecule has 1 unspecified atom stereocenters. The summed E-state index contributed by atoms with van der Waals surface area (Å²) in [5.74, 6) is 0.296. The number of carbonyl (C=O) groups excluding carboxylic acids is 1. The second kappa shape index (κ2) is 13.8. The monoisotopic (exact) mass is 323 g/mol. The molecule has 0 aromatic heterocycles. The molecule has 0 fully saturated rings. The van der Waals surface area contributed by atoms with Crippen LogP contribution in [0.25, 0.3) is 0 Å². The maximum absolute atomic E-state index is 12.3. The number of ketones is 1. The van der Waals surface area contributed by atoms with E-state index in [1.54, 1.807) is 6.08 Å². The lowest BCUT2D eigenvalue weighted by atomic mass is 9.91. The zero-order valence-corrected chi connectivity index (χ0v) is 16.3. The van der Waals surface area contributed by atoms with Gasteiger partial charge in [0.05, 0.1) is 5.54 Å². The fourth-order valence-corrected chi connectivity index (χ4v) is 2.93. The van der Waals surface area contributed by atoms with Crippen LogP contribution in [0.5, 0.6) is 0 Å². The van der Waals surface area contributed by atoms with Crippen LogP contribution >= 0.6 is 0 Å². The highest BCUT2D eigenvalue weighted by Crippen LogP contribution is 2.19. The first-order valence-corrected chi connectivity index (χ1v) is 9.83. The molecule has 0 saturated carbocycles. The smallest absolute Gasteiger partial charge is 0.156 e. The van der Waals surface area contributed by atoms with E-state index in [-0.39, 0.29) is 0 Å². The molecule has 23 heavy (non-hydrogen) atoms. The summed E-state index contributed by atoms with van der Waals surface area (Å²) in [7, 11) is 3.89. The number of hydrogen-bond donors (Lipinski definition) is 0. The van der Waals surface area contributed by atoms with E-state index in [9.17, 15) is 4.79 Å². The van der Waals surface area contributed by atoms with E-state index in [0.29, 0.717) is 12.2 Å². The van der Waals surface area contributed by atoms with Crippen molar-refractivity contribution in [2.24, 2.45) is 0 Å². The number of carbonyl (C=O) groups is 1. The predicted molar refractivity (Wildman–Crippen MR) is 103 cm³/mol. The van der Waals surface area contributed by atoms with Crippen LogP contribution in [0.4, 0.5) is 0 Å². The third kappa shape index (κ3) is 9.96. The van der Waals surface area contributed by atoms with Gasteiger partial charge >= 0.3 is 0 Å². The van der Waals surface area contributed by atoms with E-state index in [2.05, 4.69) is 13.5 Å². The van der Waals surface area contributed by atoms with Crippen molar-refractivity contribution in [3.8, 4) is 0 Å². The van der Waals surface area contributed by atoms with Gasteiger partial charge in [-0.1, -0.05) is 83.6 Å². The second-order valence-corrected chi connectivity index (χ2v) is 7.31. The first-order chi connectivity index (χ1) is 11.0. The van der Waals surface area contributed by atoms with Crippen molar-refractivity contribution in [1.82, 2.24) is 4.90 Å². The summed E-state index contributed by atoms with van der Waals surface area (Å²) in [4.78, 5) is 14.3. The maximum Gasteiger partial charge on any atom is 0.156 e. The fourth-order valence-electron chi connectivity index (χ4n) is 2.93. The van der Waals surface area contributed by atoms with Crippen molar-refractivity contribution in [2.45, 2.75) is 103 Å². The largest absolute Gasteiger partial charge is 0.297 e. The van der Waals surface area contributed by atoms with Gasteiger partial charge in [0.2, 0.25) is 0 Å². The highest BCUT2D eigenvalue weighted by Gasteiger charge is 2.30. The summed E-state index contributed by atoms with van der Waals surface area (Å²) in [6, 6.07) is 0. The van der Waals surface area contributed by atoms with Crippen LogP contribution in [-0.4, -0.2) is 30.3 Å². The number of nitrogens with zero attached hydrogens (tertiary/aromatic N) is 1. The van der Waals surface area contributed by atoms with Gasteiger partial charge in [-0.25, -0.2) is 0 Å². The Morgan fingerprint density at radius 3 is 1.61 bits per heavy atom. The van der Waals surface area contributed by atoms with Crippen molar-refractivity contribution >= 4 is 5.78 Å². The van der Waals surface area contributed by atoms with Crippen molar-refractivity contribution in [1.29, 1.82) is 0 Å². The van der Waals surface area contributed by atoms with Crippen molar-refractivity contribution in [3.63, 3.8) is 0 Å². The lowest BCUT2D eigenvalue weighted by Gasteiger charge is -2.31. The molecule has 2 heteroatoms. The summed E-state index contributed by atoms with van der Waals surface area (Å²) >= 11 is 0. The number of unbranched alkanes of at least 4 members (excludes halogenated alkanes) is 11. The fraction of sp³-hybridized carbons (Fsp3) is 0.857. The molecule has 2 nitrogen and oxygen atoms in total. The molecule has 0 N–H and O–H groups in total. The van der Waals surface area contributed by atoms with E-state index in [1.807, 2.05) is 25.9 Å². The highest BCUT2D eigenvalue weighted by atomic mass is 16.1. The van der Waals surface area contributed by atoms with Gasteiger partial charge < -0.3 is 0 Å². The molecule has 0 aliphatic heterocycles. The Morgan fingerprint density at radius 2 is 1.26 bits per heavy atom. The lowest BCUT2D eigenvalue weighted by Crippen LogP contribution is -2.46. The van der Waals surface area contributed by atoms with Crippen LogP contribution in [0.2, 0.25) is 0 Å². The number of rotatable bonds is 16. The quantitative estimate of drug-likeness (QED) is 0.251. The van der Waals surface area contributed by atoms with Crippen LogP contribution in [0.3, 0.4) is 0 Å². The summed E-state index contributed by atoms with van der Waals surface area (Å²) in [5, 5.41) is 0. The molecular formula is C21H41NO. The average Bonchev–Trinajstić information content (AvgIpc) is 2.54. The Bertz CT molecular complexity index is 311. The highest BCUT2D eigenvalue weighted by molar-refractivity contribution is 5.89. The molecule has 0 saturated heterocycles. The molecule has 0 amide bonds. The van der Waals surface area contributed by atoms with Crippen molar-refractivity contribution in [3.05, 3.63) is 12.7 Å². The molecule has 0 rings (SSSR count). The first kappa shape index (κ1) is 22.4. The molecule has 0 bridgehead atoms. The van der Waals surface area contributed by atoms with E-state index < -0.39 is 5.54 Å². The van der Waals surface area contributed by atoms with Crippen LogP contribution in [-0.2, 0) is 4.79 Å². The minimum Gasteiger partial charge on any atom is -0.297 e. The summed E-state index contributed by atoms with van der Waals surface area (Å²) in [6.45, 7) is 8.05. The molecule has 0 aliphatic rings. The van der Waals surface area contributed by atoms with Gasteiger partial charge in [-0.15, -0.1) is 6.58 Å². The standard InChI is InChI=1S/C21H41NO/c1-6-8-9-10-11-12-13-14-15-16-17-18-19-20(23)21(3,7-2)22(4)5/h7H,2,6,8-19H2,1,3-5H3. The summed E-state index contributed by atoms with van der Waals surface area (Å²) in [5.41, 5.74) is -0.502. The molecule has 0 aromatic rings. The van der Waals surface area contributed by atoms with E-state index in [4.69, 9.17) is 0 Å². The lowest BCUT2D eigenvalue weighted by molar-refractivity contribution is -0.126. The SMILES string of the molecule is C=CC(C)(C(=O)CCCCCCCCCCCCCC)N(C)C. The Balaban J connectivity index is 3.49. The van der Waals surface area contributed by atoms with Crippen molar-refractivity contribution < 1.29 is 4.79 Å². The Morgan fingerprint density at radius 1 is 0.870 bits per heavy atom. The molecular weight excluding hydrogens is 282 g/mol. The molecule has 0 aliphatic carbocycles.